The average molecular weight is 552 g/mol. The van der Waals surface area contributed by atoms with Crippen molar-refractivity contribution in [3.05, 3.63) is 112 Å². The molecular formula is C29H18BrN3O4. The molecule has 1 aliphatic rings. The lowest BCUT2D eigenvalue weighted by Crippen LogP contribution is -2.54. The smallest absolute Gasteiger partial charge is 0.335 e. The number of barbiturate groups is 1. The number of hydrogen-bond acceptors (Lipinski definition) is 5. The molecule has 1 heterocycles. The van der Waals surface area contributed by atoms with E-state index in [-0.39, 0.29) is 12.2 Å². The van der Waals surface area contributed by atoms with E-state index in [1.807, 2.05) is 36.4 Å². The Kier molecular flexibility index (Phi) is 6.54. The van der Waals surface area contributed by atoms with E-state index < -0.39 is 17.8 Å². The monoisotopic (exact) mass is 551 g/mol. The molecule has 4 aromatic carbocycles. The van der Waals surface area contributed by atoms with Gasteiger partial charge in [0.1, 0.15) is 17.9 Å². The number of nitriles is 1. The van der Waals surface area contributed by atoms with Gasteiger partial charge in [0.25, 0.3) is 11.8 Å². The van der Waals surface area contributed by atoms with Gasteiger partial charge in [-0.25, -0.2) is 9.69 Å². The summed E-state index contributed by atoms with van der Waals surface area (Å²) >= 11 is 3.34. The highest BCUT2D eigenvalue weighted by Gasteiger charge is 2.37. The normalized spacial score (nSPS) is 14.5. The van der Waals surface area contributed by atoms with Crippen LogP contribution in [0.2, 0.25) is 0 Å². The van der Waals surface area contributed by atoms with Gasteiger partial charge in [0.2, 0.25) is 0 Å². The number of hydrogen-bond donors (Lipinski definition) is 1. The van der Waals surface area contributed by atoms with Crippen molar-refractivity contribution < 1.29 is 19.1 Å². The van der Waals surface area contributed by atoms with Crippen molar-refractivity contribution >= 4 is 56.3 Å². The van der Waals surface area contributed by atoms with E-state index in [1.54, 1.807) is 48.5 Å². The molecule has 4 aromatic rings. The molecule has 180 valence electrons. The number of nitrogens with one attached hydrogen (secondary N) is 1. The van der Waals surface area contributed by atoms with E-state index in [1.165, 1.54) is 6.08 Å². The molecule has 0 atom stereocenters. The fourth-order valence-electron chi connectivity index (χ4n) is 4.09. The second-order valence-electron chi connectivity index (χ2n) is 8.19. The molecule has 0 aromatic heterocycles. The lowest BCUT2D eigenvalue weighted by Gasteiger charge is -2.26. The van der Waals surface area contributed by atoms with Crippen molar-refractivity contribution in [2.24, 2.45) is 0 Å². The molecular weight excluding hydrogens is 534 g/mol. The lowest BCUT2D eigenvalue weighted by molar-refractivity contribution is -0.122. The van der Waals surface area contributed by atoms with Crippen LogP contribution >= 0.6 is 15.9 Å². The van der Waals surface area contributed by atoms with Gasteiger partial charge < -0.3 is 4.74 Å². The number of carbonyl (C=O) groups is 3. The van der Waals surface area contributed by atoms with E-state index in [0.29, 0.717) is 28.1 Å². The van der Waals surface area contributed by atoms with Crippen LogP contribution in [0.3, 0.4) is 0 Å². The Morgan fingerprint density at radius 1 is 0.919 bits per heavy atom. The van der Waals surface area contributed by atoms with Crippen LogP contribution in [-0.4, -0.2) is 17.8 Å². The molecule has 0 saturated carbocycles. The molecule has 7 nitrogen and oxygen atoms in total. The molecule has 1 fully saturated rings. The zero-order chi connectivity index (χ0) is 25.9. The average Bonchev–Trinajstić information content (AvgIpc) is 2.91. The van der Waals surface area contributed by atoms with Crippen LogP contribution in [0.4, 0.5) is 10.5 Å². The Labute approximate surface area is 220 Å². The summed E-state index contributed by atoms with van der Waals surface area (Å²) in [6, 6.07) is 26.2. The highest BCUT2D eigenvalue weighted by atomic mass is 79.9. The molecule has 4 amide bonds. The van der Waals surface area contributed by atoms with E-state index >= 15 is 0 Å². The molecule has 0 aliphatic carbocycles. The molecule has 8 heteroatoms. The van der Waals surface area contributed by atoms with Crippen molar-refractivity contribution in [3.8, 4) is 11.8 Å². The lowest BCUT2D eigenvalue weighted by atomic mass is 9.99. The number of ether oxygens (including phenoxy) is 1. The van der Waals surface area contributed by atoms with Crippen molar-refractivity contribution in [1.82, 2.24) is 5.32 Å². The number of benzene rings is 4. The maximum atomic E-state index is 13.4. The highest BCUT2D eigenvalue weighted by molar-refractivity contribution is 9.10. The fraction of sp³-hybridized carbons (Fsp3) is 0.0345. The van der Waals surface area contributed by atoms with Gasteiger partial charge in [0.15, 0.2) is 0 Å². The predicted molar refractivity (Wildman–Crippen MR) is 143 cm³/mol. The van der Waals surface area contributed by atoms with E-state index in [0.717, 1.165) is 20.1 Å². The highest BCUT2D eigenvalue weighted by Crippen LogP contribution is 2.32. The van der Waals surface area contributed by atoms with Crippen molar-refractivity contribution in [2.45, 2.75) is 6.61 Å². The molecule has 1 saturated heterocycles. The summed E-state index contributed by atoms with van der Waals surface area (Å²) < 4.78 is 6.89. The van der Waals surface area contributed by atoms with Gasteiger partial charge in [0.05, 0.1) is 17.3 Å². The minimum Gasteiger partial charge on any atom is -0.488 e. The second kappa shape index (κ2) is 10.1. The Bertz CT molecular complexity index is 1640. The SMILES string of the molecule is N#Cc1ccccc1COc1ccc2ccccc2c1/C=C1\C(=O)NC(=O)N(c2ccc(Br)cc2)C1=O. The van der Waals surface area contributed by atoms with Crippen molar-refractivity contribution in [3.63, 3.8) is 0 Å². The van der Waals surface area contributed by atoms with Crippen LogP contribution < -0.4 is 15.0 Å². The van der Waals surface area contributed by atoms with Crippen LogP contribution in [0, 0.1) is 11.3 Å². The van der Waals surface area contributed by atoms with Gasteiger partial charge >= 0.3 is 6.03 Å². The summed E-state index contributed by atoms with van der Waals surface area (Å²) in [6.45, 7) is 0.113. The number of nitrogens with zero attached hydrogens (tertiary/aromatic N) is 2. The fourth-order valence-corrected chi connectivity index (χ4v) is 4.35. The van der Waals surface area contributed by atoms with Crippen LogP contribution in [0.15, 0.2) is 95.0 Å². The summed E-state index contributed by atoms with van der Waals surface area (Å²) in [5, 5.41) is 13.3. The third-order valence-corrected chi connectivity index (χ3v) is 6.46. The Morgan fingerprint density at radius 2 is 1.65 bits per heavy atom. The van der Waals surface area contributed by atoms with Gasteiger partial charge in [-0.05, 0) is 53.2 Å². The summed E-state index contributed by atoms with van der Waals surface area (Å²) in [6.07, 6.45) is 1.45. The summed E-state index contributed by atoms with van der Waals surface area (Å²) in [4.78, 5) is 39.8. The molecule has 0 spiro atoms. The summed E-state index contributed by atoms with van der Waals surface area (Å²) in [5.41, 5.74) is 1.83. The Balaban J connectivity index is 1.59. The predicted octanol–water partition coefficient (Wildman–Crippen LogP) is 5.72. The third kappa shape index (κ3) is 4.73. The number of halogens is 1. The maximum Gasteiger partial charge on any atom is 0.335 e. The quantitative estimate of drug-likeness (QED) is 0.252. The summed E-state index contributed by atoms with van der Waals surface area (Å²) in [7, 11) is 0. The standard InChI is InChI=1S/C29H18BrN3O4/c30-21-10-12-22(13-11-21)33-28(35)25(27(34)32-29(33)36)15-24-23-8-4-3-5-18(23)9-14-26(24)37-17-20-7-2-1-6-19(20)16-31/h1-15H,17H2,(H,32,34,36)/b25-15+. The Hall–Kier alpha value is -4.74. The molecule has 0 radical (unpaired) electrons. The largest absolute Gasteiger partial charge is 0.488 e. The van der Waals surface area contributed by atoms with Gasteiger partial charge in [-0.15, -0.1) is 0 Å². The third-order valence-electron chi connectivity index (χ3n) is 5.93. The molecule has 0 bridgehead atoms. The molecule has 37 heavy (non-hydrogen) atoms. The van der Waals surface area contributed by atoms with Gasteiger partial charge in [-0.1, -0.05) is 64.5 Å². The number of rotatable bonds is 5. The molecule has 0 unspecified atom stereocenters. The number of imide groups is 2. The minimum absolute atomic E-state index is 0.113. The number of urea groups is 1. The van der Waals surface area contributed by atoms with Crippen molar-refractivity contribution in [1.29, 1.82) is 5.26 Å². The molecule has 1 N–H and O–H groups in total. The van der Waals surface area contributed by atoms with Crippen LogP contribution in [-0.2, 0) is 16.2 Å². The van der Waals surface area contributed by atoms with Gasteiger partial charge in [-0.3, -0.25) is 14.9 Å². The number of fused-ring (bicyclic) bond motifs is 1. The summed E-state index contributed by atoms with van der Waals surface area (Å²) in [5.74, 6) is -1.12. The maximum absolute atomic E-state index is 13.4. The first-order valence-electron chi connectivity index (χ1n) is 11.3. The van der Waals surface area contributed by atoms with Crippen LogP contribution in [0.1, 0.15) is 16.7 Å². The zero-order valence-electron chi connectivity index (χ0n) is 19.3. The van der Waals surface area contributed by atoms with Gasteiger partial charge in [0, 0.05) is 15.6 Å². The first-order chi connectivity index (χ1) is 18.0. The van der Waals surface area contributed by atoms with Crippen LogP contribution in [0.25, 0.3) is 16.8 Å². The topological polar surface area (TPSA) is 99.5 Å². The second-order valence-corrected chi connectivity index (χ2v) is 9.11. The first kappa shape index (κ1) is 24.0. The molecule has 1 aliphatic heterocycles. The van der Waals surface area contributed by atoms with E-state index in [2.05, 4.69) is 27.3 Å². The minimum atomic E-state index is -0.822. The zero-order valence-corrected chi connectivity index (χ0v) is 20.9. The van der Waals surface area contributed by atoms with Crippen molar-refractivity contribution in [2.75, 3.05) is 4.90 Å². The number of carbonyl (C=O) groups excluding carboxylic acids is 3. The van der Waals surface area contributed by atoms with Gasteiger partial charge in [-0.2, -0.15) is 5.26 Å². The molecule has 5 rings (SSSR count). The van der Waals surface area contributed by atoms with E-state index in [9.17, 15) is 19.6 Å². The van der Waals surface area contributed by atoms with E-state index in [4.69, 9.17) is 4.74 Å². The first-order valence-corrected chi connectivity index (χ1v) is 12.0. The number of anilines is 1. The number of amides is 4. The Morgan fingerprint density at radius 3 is 2.43 bits per heavy atom. The van der Waals surface area contributed by atoms with Crippen LogP contribution in [0.5, 0.6) is 5.75 Å².